The molecule has 0 aliphatic rings. The highest BCUT2D eigenvalue weighted by molar-refractivity contribution is 7.98. The number of aryl methyl sites for hydroxylation is 1. The van der Waals surface area contributed by atoms with E-state index in [9.17, 15) is 4.39 Å². The lowest BCUT2D eigenvalue weighted by atomic mass is 10.1. The zero-order valence-corrected chi connectivity index (χ0v) is 12.6. The largest absolute Gasteiger partial charge is 0.496 e. The van der Waals surface area contributed by atoms with E-state index < -0.39 is 0 Å². The van der Waals surface area contributed by atoms with Gasteiger partial charge in [-0.25, -0.2) is 4.39 Å². The topological polar surface area (TPSA) is 48.1 Å². The minimum Gasteiger partial charge on any atom is -0.496 e. The van der Waals surface area contributed by atoms with Crippen LogP contribution in [-0.4, -0.2) is 12.1 Å². The van der Waals surface area contributed by atoms with Crippen LogP contribution in [0.25, 0.3) is 0 Å². The summed E-state index contributed by atoms with van der Waals surface area (Å²) >= 11 is 1.47. The number of methoxy groups -OCH3 is 1. The summed E-state index contributed by atoms with van der Waals surface area (Å²) in [4.78, 5) is 5.15. The normalized spacial score (nSPS) is 10.6. The highest BCUT2D eigenvalue weighted by Crippen LogP contribution is 2.31. The Balaban J connectivity index is 2.21. The molecule has 0 saturated heterocycles. The van der Waals surface area contributed by atoms with Gasteiger partial charge in [0.2, 0.25) is 0 Å². The average Bonchev–Trinajstić information content (AvgIpc) is 2.42. The van der Waals surface area contributed by atoms with Crippen LogP contribution in [0.4, 0.5) is 10.1 Å². The van der Waals surface area contributed by atoms with Crippen LogP contribution in [0.1, 0.15) is 16.8 Å². The summed E-state index contributed by atoms with van der Waals surface area (Å²) in [7, 11) is 1.65. The second-order valence-corrected chi connectivity index (χ2v) is 5.53. The zero-order valence-electron chi connectivity index (χ0n) is 11.7. The summed E-state index contributed by atoms with van der Waals surface area (Å²) in [5.74, 6) is 1.19. The molecule has 2 N–H and O–H groups in total. The number of nitrogens with two attached hydrogens (primary N) is 1. The van der Waals surface area contributed by atoms with Crippen LogP contribution < -0.4 is 10.5 Å². The van der Waals surface area contributed by atoms with Crippen molar-refractivity contribution in [3.63, 3.8) is 0 Å². The fraction of sp³-hybridized carbons (Fsp3) is 0.267. The lowest BCUT2D eigenvalue weighted by Crippen LogP contribution is -1.99. The molecule has 0 spiro atoms. The zero-order chi connectivity index (χ0) is 14.7. The summed E-state index contributed by atoms with van der Waals surface area (Å²) in [6, 6.07) is 4.38. The summed E-state index contributed by atoms with van der Waals surface area (Å²) in [5.41, 5.74) is 9.35. The molecule has 5 heteroatoms. The Morgan fingerprint density at radius 1 is 1.35 bits per heavy atom. The van der Waals surface area contributed by atoms with Crippen molar-refractivity contribution in [1.82, 2.24) is 4.98 Å². The van der Waals surface area contributed by atoms with Gasteiger partial charge in [-0.15, -0.1) is 11.8 Å². The summed E-state index contributed by atoms with van der Waals surface area (Å²) in [5, 5.41) is 0. The average molecular weight is 292 g/mol. The Morgan fingerprint density at radius 2 is 2.10 bits per heavy atom. The van der Waals surface area contributed by atoms with Crippen LogP contribution >= 0.6 is 11.8 Å². The minimum atomic E-state index is -0.284. The van der Waals surface area contributed by atoms with E-state index in [2.05, 4.69) is 4.98 Å². The van der Waals surface area contributed by atoms with Crippen LogP contribution in [0, 0.1) is 19.7 Å². The first kappa shape index (κ1) is 14.7. The van der Waals surface area contributed by atoms with E-state index in [1.807, 2.05) is 13.8 Å². The number of nitrogen functional groups attached to an aromatic ring is 1. The molecule has 0 aliphatic heterocycles. The maximum Gasteiger partial charge on any atom is 0.128 e. The number of anilines is 1. The first-order chi connectivity index (χ1) is 9.52. The molecule has 0 saturated carbocycles. The third-order valence-corrected chi connectivity index (χ3v) is 4.17. The van der Waals surface area contributed by atoms with E-state index in [1.165, 1.54) is 23.9 Å². The molecule has 1 aromatic heterocycles. The van der Waals surface area contributed by atoms with Gasteiger partial charge in [-0.3, -0.25) is 4.98 Å². The van der Waals surface area contributed by atoms with Gasteiger partial charge in [0.05, 0.1) is 12.8 Å². The summed E-state index contributed by atoms with van der Waals surface area (Å²) in [6.07, 6.45) is 1.79. The van der Waals surface area contributed by atoms with E-state index in [-0.39, 0.29) is 5.82 Å². The van der Waals surface area contributed by atoms with Gasteiger partial charge in [-0.2, -0.15) is 0 Å². The van der Waals surface area contributed by atoms with E-state index in [0.717, 1.165) is 27.5 Å². The van der Waals surface area contributed by atoms with Crippen molar-refractivity contribution in [1.29, 1.82) is 0 Å². The van der Waals surface area contributed by atoms with Crippen molar-refractivity contribution in [2.75, 3.05) is 12.8 Å². The predicted octanol–water partition coefficient (Wildman–Crippen LogP) is 3.72. The maximum atomic E-state index is 13.2. The van der Waals surface area contributed by atoms with Crippen molar-refractivity contribution < 1.29 is 9.13 Å². The highest BCUT2D eigenvalue weighted by atomic mass is 32.2. The molecule has 20 heavy (non-hydrogen) atoms. The number of halogens is 1. The van der Waals surface area contributed by atoms with Gasteiger partial charge in [0, 0.05) is 33.7 Å². The van der Waals surface area contributed by atoms with Crippen LogP contribution in [0.15, 0.2) is 29.3 Å². The van der Waals surface area contributed by atoms with Gasteiger partial charge in [-0.05, 0) is 32.0 Å². The molecule has 1 heterocycles. The van der Waals surface area contributed by atoms with Crippen molar-refractivity contribution >= 4 is 17.4 Å². The molecule has 0 fully saturated rings. The van der Waals surface area contributed by atoms with E-state index in [4.69, 9.17) is 10.5 Å². The number of ether oxygens (including phenoxy) is 1. The van der Waals surface area contributed by atoms with Crippen LogP contribution in [0.5, 0.6) is 5.75 Å². The Morgan fingerprint density at radius 3 is 2.80 bits per heavy atom. The molecule has 0 amide bonds. The predicted molar refractivity (Wildman–Crippen MR) is 80.6 cm³/mol. The number of hydrogen-bond acceptors (Lipinski definition) is 4. The first-order valence-corrected chi connectivity index (χ1v) is 7.18. The first-order valence-electron chi connectivity index (χ1n) is 6.19. The minimum absolute atomic E-state index is 0.284. The van der Waals surface area contributed by atoms with E-state index in [1.54, 1.807) is 19.4 Å². The third-order valence-electron chi connectivity index (χ3n) is 3.09. The molecule has 0 bridgehead atoms. The second-order valence-electron chi connectivity index (χ2n) is 4.52. The highest BCUT2D eigenvalue weighted by Gasteiger charge is 2.10. The van der Waals surface area contributed by atoms with Gasteiger partial charge in [-0.1, -0.05) is 0 Å². The lowest BCUT2D eigenvalue weighted by Gasteiger charge is -2.12. The third kappa shape index (κ3) is 3.04. The maximum absolute atomic E-state index is 13.2. The molecule has 2 rings (SSSR count). The SMILES string of the molecule is COc1c(C)cnc(CSc2cc(F)ccc2N)c1C. The van der Waals surface area contributed by atoms with Crippen LogP contribution in [-0.2, 0) is 5.75 Å². The number of rotatable bonds is 4. The monoisotopic (exact) mass is 292 g/mol. The second kappa shape index (κ2) is 6.13. The van der Waals surface area contributed by atoms with Crippen molar-refractivity contribution in [2.24, 2.45) is 0 Å². The fourth-order valence-corrected chi connectivity index (χ4v) is 3.01. The molecule has 3 nitrogen and oxygen atoms in total. The van der Waals surface area contributed by atoms with Crippen LogP contribution in [0.3, 0.4) is 0 Å². The van der Waals surface area contributed by atoms with Crippen molar-refractivity contribution in [3.05, 3.63) is 47.0 Å². The molecule has 0 aliphatic carbocycles. The standard InChI is InChI=1S/C15H17FN2OS/c1-9-7-18-13(10(2)15(9)19-3)8-20-14-6-11(16)4-5-12(14)17/h4-7H,8,17H2,1-3H3. The van der Waals surface area contributed by atoms with E-state index in [0.29, 0.717) is 11.4 Å². The van der Waals surface area contributed by atoms with Gasteiger partial charge < -0.3 is 10.5 Å². The van der Waals surface area contributed by atoms with Gasteiger partial charge in [0.1, 0.15) is 11.6 Å². The molecular weight excluding hydrogens is 275 g/mol. The van der Waals surface area contributed by atoms with Crippen molar-refractivity contribution in [3.8, 4) is 5.75 Å². The fourth-order valence-electron chi connectivity index (χ4n) is 2.00. The Hall–Kier alpha value is -1.75. The Labute approximate surface area is 122 Å². The molecule has 106 valence electrons. The quantitative estimate of drug-likeness (QED) is 0.689. The molecule has 0 atom stereocenters. The molecule has 2 aromatic rings. The van der Waals surface area contributed by atoms with E-state index >= 15 is 0 Å². The Kier molecular flexibility index (Phi) is 4.49. The summed E-state index contributed by atoms with van der Waals surface area (Å²) < 4.78 is 18.6. The molecular formula is C15H17FN2OS. The smallest absolute Gasteiger partial charge is 0.128 e. The lowest BCUT2D eigenvalue weighted by molar-refractivity contribution is 0.407. The number of aromatic nitrogens is 1. The number of pyridine rings is 1. The summed E-state index contributed by atoms with van der Waals surface area (Å²) in [6.45, 7) is 3.93. The van der Waals surface area contributed by atoms with Gasteiger partial charge in [0.25, 0.3) is 0 Å². The molecule has 0 radical (unpaired) electrons. The molecule has 0 unspecified atom stereocenters. The van der Waals surface area contributed by atoms with Gasteiger partial charge >= 0.3 is 0 Å². The van der Waals surface area contributed by atoms with Crippen molar-refractivity contribution in [2.45, 2.75) is 24.5 Å². The molecule has 1 aromatic carbocycles. The number of benzene rings is 1. The van der Waals surface area contributed by atoms with Gasteiger partial charge in [0.15, 0.2) is 0 Å². The number of thioether (sulfide) groups is 1. The van der Waals surface area contributed by atoms with Crippen LogP contribution in [0.2, 0.25) is 0 Å². The Bertz CT molecular complexity index is 632. The number of nitrogens with zero attached hydrogens (tertiary/aromatic N) is 1. The number of hydrogen-bond donors (Lipinski definition) is 1.